The van der Waals surface area contributed by atoms with Crippen molar-refractivity contribution in [2.24, 2.45) is 0 Å². The van der Waals surface area contributed by atoms with E-state index < -0.39 is 10.0 Å². The maximum atomic E-state index is 12.1. The van der Waals surface area contributed by atoms with Crippen molar-refractivity contribution in [2.45, 2.75) is 11.4 Å². The molecule has 0 aliphatic carbocycles. The summed E-state index contributed by atoms with van der Waals surface area (Å²) < 4.78 is 26.4. The minimum absolute atomic E-state index is 0.349. The molecule has 3 rings (SSSR count). The Morgan fingerprint density at radius 1 is 1.44 bits per heavy atom. The van der Waals surface area contributed by atoms with Crippen LogP contribution in [0.15, 0.2) is 22.4 Å². The van der Waals surface area contributed by atoms with Crippen molar-refractivity contribution in [2.75, 3.05) is 7.05 Å². The molecule has 3 nitrogen and oxygen atoms in total. The van der Waals surface area contributed by atoms with E-state index in [9.17, 15) is 8.42 Å². The Morgan fingerprint density at radius 2 is 2.19 bits per heavy atom. The van der Waals surface area contributed by atoms with E-state index in [1.807, 2.05) is 12.1 Å². The van der Waals surface area contributed by atoms with E-state index in [2.05, 4.69) is 0 Å². The van der Waals surface area contributed by atoms with Crippen molar-refractivity contribution < 1.29 is 8.42 Å². The van der Waals surface area contributed by atoms with Crippen LogP contribution < -0.4 is 0 Å². The number of hydrogen-bond acceptors (Lipinski definition) is 3. The quantitative estimate of drug-likeness (QED) is 0.740. The highest BCUT2D eigenvalue weighted by atomic mass is 35.5. The largest absolute Gasteiger partial charge is 0.244 e. The zero-order valence-electron chi connectivity index (χ0n) is 8.40. The Labute approximate surface area is 102 Å². The van der Waals surface area contributed by atoms with E-state index in [4.69, 9.17) is 11.6 Å². The van der Waals surface area contributed by atoms with Crippen LogP contribution in [0.5, 0.6) is 0 Å². The average molecular weight is 274 g/mol. The molecule has 0 saturated carbocycles. The normalized spacial score (nSPS) is 19.1. The van der Waals surface area contributed by atoms with Gasteiger partial charge in [-0.05, 0) is 17.7 Å². The molecule has 84 valence electrons. The number of thiophene rings is 1. The van der Waals surface area contributed by atoms with Crippen molar-refractivity contribution in [3.63, 3.8) is 0 Å². The lowest BCUT2D eigenvalue weighted by molar-refractivity contribution is 0.463. The van der Waals surface area contributed by atoms with Gasteiger partial charge >= 0.3 is 0 Å². The smallest absolute Gasteiger partial charge is 0.207 e. The summed E-state index contributed by atoms with van der Waals surface area (Å²) >= 11 is 7.55. The zero-order valence-corrected chi connectivity index (χ0v) is 10.8. The van der Waals surface area contributed by atoms with Gasteiger partial charge in [-0.1, -0.05) is 11.6 Å². The molecule has 1 aromatic carbocycles. The van der Waals surface area contributed by atoms with Gasteiger partial charge in [-0.15, -0.1) is 11.3 Å². The molecular weight excluding hydrogens is 266 g/mol. The number of benzene rings is 1. The van der Waals surface area contributed by atoms with Crippen LogP contribution in [0.2, 0.25) is 5.02 Å². The number of halogens is 1. The molecule has 0 radical (unpaired) electrons. The monoisotopic (exact) mass is 273 g/mol. The third-order valence-electron chi connectivity index (χ3n) is 2.83. The molecule has 0 unspecified atom stereocenters. The fraction of sp³-hybridized carbons (Fsp3) is 0.200. The van der Waals surface area contributed by atoms with E-state index in [-0.39, 0.29) is 0 Å². The summed E-state index contributed by atoms with van der Waals surface area (Å²) in [6.07, 6.45) is 0. The summed E-state index contributed by atoms with van der Waals surface area (Å²) in [4.78, 5) is 0.388. The fourth-order valence-corrected chi connectivity index (χ4v) is 4.85. The first kappa shape index (κ1) is 10.5. The first-order valence-electron chi connectivity index (χ1n) is 4.67. The van der Waals surface area contributed by atoms with Gasteiger partial charge in [-0.25, -0.2) is 8.42 Å². The van der Waals surface area contributed by atoms with Crippen molar-refractivity contribution in [1.82, 2.24) is 4.31 Å². The summed E-state index contributed by atoms with van der Waals surface area (Å²) in [6, 6.07) is 3.70. The minimum Gasteiger partial charge on any atom is -0.207 e. The molecule has 0 amide bonds. The van der Waals surface area contributed by atoms with Crippen LogP contribution in [0.3, 0.4) is 0 Å². The molecule has 2 aromatic rings. The Hall–Kier alpha value is -0.620. The van der Waals surface area contributed by atoms with Gasteiger partial charge in [0.15, 0.2) is 0 Å². The molecule has 0 bridgehead atoms. The van der Waals surface area contributed by atoms with E-state index >= 15 is 0 Å². The Bertz CT molecular complexity index is 690. The molecule has 0 N–H and O–H groups in total. The lowest BCUT2D eigenvalue weighted by Gasteiger charge is -2.23. The van der Waals surface area contributed by atoms with Crippen molar-refractivity contribution in [1.29, 1.82) is 0 Å². The van der Waals surface area contributed by atoms with Crippen LogP contribution in [0.4, 0.5) is 0 Å². The summed E-state index contributed by atoms with van der Waals surface area (Å²) in [5, 5.41) is 3.12. The van der Waals surface area contributed by atoms with Crippen LogP contribution >= 0.6 is 22.9 Å². The first-order valence-corrected chi connectivity index (χ1v) is 7.36. The predicted octanol–water partition coefficient (Wildman–Crippen LogP) is 2.69. The van der Waals surface area contributed by atoms with Gasteiger partial charge in [0.1, 0.15) is 4.90 Å². The van der Waals surface area contributed by atoms with Crippen molar-refractivity contribution in [3.8, 4) is 0 Å². The second-order valence-electron chi connectivity index (χ2n) is 3.76. The molecule has 0 atom stereocenters. The first-order chi connectivity index (χ1) is 7.51. The summed E-state index contributed by atoms with van der Waals surface area (Å²) in [7, 11) is -1.74. The summed E-state index contributed by atoms with van der Waals surface area (Å²) in [5.41, 5.74) is 0.910. The van der Waals surface area contributed by atoms with Gasteiger partial charge in [0, 0.05) is 34.1 Å². The third-order valence-corrected chi connectivity index (χ3v) is 6.10. The molecule has 0 spiro atoms. The number of sulfonamides is 1. The summed E-state index contributed by atoms with van der Waals surface area (Å²) in [5.74, 6) is 0. The SMILES string of the molecule is CN1Cc2c(Cl)ccc3scc(c23)S1(=O)=O. The molecule has 1 aliphatic rings. The van der Waals surface area contributed by atoms with Crippen LogP contribution in [-0.4, -0.2) is 19.8 Å². The topological polar surface area (TPSA) is 37.4 Å². The van der Waals surface area contributed by atoms with Gasteiger partial charge in [-0.3, -0.25) is 0 Å². The highest BCUT2D eigenvalue weighted by molar-refractivity contribution is 7.89. The zero-order chi connectivity index (χ0) is 11.5. The highest BCUT2D eigenvalue weighted by Crippen LogP contribution is 2.40. The maximum Gasteiger partial charge on any atom is 0.244 e. The van der Waals surface area contributed by atoms with E-state index in [1.165, 1.54) is 15.6 Å². The minimum atomic E-state index is -3.32. The standard InChI is InChI=1S/C10H8ClNO2S2/c1-12-4-6-7(11)2-3-8-10(6)9(5-15-8)16(12,13)14/h2-3,5H,4H2,1H3. The Morgan fingerprint density at radius 3 is 2.94 bits per heavy atom. The maximum absolute atomic E-state index is 12.1. The van der Waals surface area contributed by atoms with E-state index in [1.54, 1.807) is 12.4 Å². The average Bonchev–Trinajstić information content (AvgIpc) is 2.65. The summed E-state index contributed by atoms with van der Waals surface area (Å²) in [6.45, 7) is 0.349. The van der Waals surface area contributed by atoms with Crippen molar-refractivity contribution >= 4 is 43.0 Å². The van der Waals surface area contributed by atoms with E-state index in [0.717, 1.165) is 15.6 Å². The lowest BCUT2D eigenvalue weighted by atomic mass is 10.1. The second kappa shape index (κ2) is 3.20. The Kier molecular flexibility index (Phi) is 2.10. The van der Waals surface area contributed by atoms with Crippen molar-refractivity contribution in [3.05, 3.63) is 28.1 Å². The third kappa shape index (κ3) is 1.20. The van der Waals surface area contributed by atoms with Crippen LogP contribution in [-0.2, 0) is 16.6 Å². The Balaban J connectivity index is 2.54. The van der Waals surface area contributed by atoms with Gasteiger partial charge in [0.25, 0.3) is 0 Å². The fourth-order valence-electron chi connectivity index (χ4n) is 1.97. The molecule has 0 fully saturated rings. The number of rotatable bonds is 0. The van der Waals surface area contributed by atoms with Gasteiger partial charge in [-0.2, -0.15) is 4.31 Å². The molecule has 1 aliphatic heterocycles. The molecule has 6 heteroatoms. The van der Waals surface area contributed by atoms with Gasteiger partial charge in [0.2, 0.25) is 10.0 Å². The van der Waals surface area contributed by atoms with Crippen LogP contribution in [0.25, 0.3) is 10.1 Å². The molecule has 16 heavy (non-hydrogen) atoms. The molecule has 0 saturated heterocycles. The van der Waals surface area contributed by atoms with Gasteiger partial charge in [0.05, 0.1) is 0 Å². The molecule has 1 aromatic heterocycles. The molecule has 2 heterocycles. The van der Waals surface area contributed by atoms with E-state index in [0.29, 0.717) is 16.5 Å². The van der Waals surface area contributed by atoms with Crippen LogP contribution in [0.1, 0.15) is 5.56 Å². The second-order valence-corrected chi connectivity index (χ2v) is 7.09. The number of hydrogen-bond donors (Lipinski definition) is 0. The predicted molar refractivity (Wildman–Crippen MR) is 65.5 cm³/mol. The number of nitrogens with zero attached hydrogens (tertiary/aromatic N) is 1. The lowest BCUT2D eigenvalue weighted by Crippen LogP contribution is -2.29. The van der Waals surface area contributed by atoms with Crippen LogP contribution in [0, 0.1) is 0 Å². The molecular formula is C10H8ClNO2S2. The van der Waals surface area contributed by atoms with Gasteiger partial charge < -0.3 is 0 Å². The highest BCUT2D eigenvalue weighted by Gasteiger charge is 2.31.